The number of nitrogens with zero attached hydrogens (tertiary/aromatic N) is 1. The molecule has 13 heavy (non-hydrogen) atoms. The van der Waals surface area contributed by atoms with Crippen LogP contribution in [0.3, 0.4) is 0 Å². The van der Waals surface area contributed by atoms with Gasteiger partial charge in [0.2, 0.25) is 0 Å². The summed E-state index contributed by atoms with van der Waals surface area (Å²) in [5.74, 6) is 0.200. The first-order valence-electron chi connectivity index (χ1n) is 4.50. The first-order chi connectivity index (χ1) is 5.92. The van der Waals surface area contributed by atoms with Gasteiger partial charge < -0.3 is 0 Å². The smallest absolute Gasteiger partial charge is 0.153 e. The lowest BCUT2D eigenvalue weighted by atomic mass is 10.1. The van der Waals surface area contributed by atoms with Crippen LogP contribution < -0.4 is 0 Å². The first kappa shape index (κ1) is 10.5. The number of nitriles is 1. The van der Waals surface area contributed by atoms with E-state index in [-0.39, 0.29) is 16.4 Å². The van der Waals surface area contributed by atoms with E-state index in [0.717, 1.165) is 12.8 Å². The van der Waals surface area contributed by atoms with Crippen molar-refractivity contribution in [3.8, 4) is 6.07 Å². The van der Waals surface area contributed by atoms with Gasteiger partial charge in [0.1, 0.15) is 0 Å². The zero-order valence-electron chi connectivity index (χ0n) is 8.08. The van der Waals surface area contributed by atoms with Gasteiger partial charge in [0, 0.05) is 6.42 Å². The van der Waals surface area contributed by atoms with Crippen molar-refractivity contribution in [2.45, 2.75) is 38.4 Å². The lowest BCUT2D eigenvalue weighted by molar-refractivity contribution is 0.542. The topological polar surface area (TPSA) is 57.9 Å². The molecule has 0 saturated heterocycles. The summed E-state index contributed by atoms with van der Waals surface area (Å²) in [5, 5.41) is 8.22. The average molecular weight is 201 g/mol. The molecule has 0 aromatic rings. The van der Waals surface area contributed by atoms with Crippen molar-refractivity contribution in [3.05, 3.63) is 0 Å². The summed E-state index contributed by atoms with van der Waals surface area (Å²) in [4.78, 5) is 0. The molecule has 1 saturated carbocycles. The Bertz CT molecular complexity index is 320. The summed E-state index contributed by atoms with van der Waals surface area (Å²) < 4.78 is 23.1. The molecule has 4 heteroatoms. The molecule has 3 nitrogen and oxygen atoms in total. The van der Waals surface area contributed by atoms with E-state index in [1.54, 1.807) is 13.8 Å². The van der Waals surface area contributed by atoms with Crippen LogP contribution in [-0.4, -0.2) is 19.4 Å². The van der Waals surface area contributed by atoms with Crippen LogP contribution in [-0.2, 0) is 9.84 Å². The predicted molar refractivity (Wildman–Crippen MR) is 50.8 cm³/mol. The second-order valence-corrected chi connectivity index (χ2v) is 6.75. The van der Waals surface area contributed by atoms with Crippen molar-refractivity contribution < 1.29 is 8.42 Å². The summed E-state index contributed by atoms with van der Waals surface area (Å²) in [6.07, 6.45) is 2.18. The molecule has 0 amide bonds. The number of hydrogen-bond donors (Lipinski definition) is 0. The normalized spacial score (nSPS) is 19.8. The van der Waals surface area contributed by atoms with Crippen LogP contribution >= 0.6 is 0 Å². The van der Waals surface area contributed by atoms with E-state index in [1.165, 1.54) is 0 Å². The van der Waals surface area contributed by atoms with E-state index in [4.69, 9.17) is 5.26 Å². The molecular formula is C9H15NO2S. The summed E-state index contributed by atoms with van der Waals surface area (Å²) in [6.45, 7) is 3.38. The molecule has 0 aromatic carbocycles. The summed E-state index contributed by atoms with van der Waals surface area (Å²) >= 11 is 0. The molecule has 1 fully saturated rings. The molecule has 0 unspecified atom stereocenters. The number of sulfone groups is 1. The van der Waals surface area contributed by atoms with Crippen molar-refractivity contribution in [3.63, 3.8) is 0 Å². The molecule has 0 heterocycles. The average Bonchev–Trinajstić information content (AvgIpc) is 2.68. The third kappa shape index (κ3) is 2.44. The van der Waals surface area contributed by atoms with Gasteiger partial charge in [0.15, 0.2) is 9.84 Å². The maximum Gasteiger partial charge on any atom is 0.153 e. The third-order valence-corrected chi connectivity index (χ3v) is 5.09. The van der Waals surface area contributed by atoms with Crippen LogP contribution in [0.5, 0.6) is 0 Å². The van der Waals surface area contributed by atoms with Crippen LogP contribution in [0.1, 0.15) is 33.1 Å². The minimum absolute atomic E-state index is 0.183. The monoisotopic (exact) mass is 201 g/mol. The molecule has 0 aromatic heterocycles. The van der Waals surface area contributed by atoms with Gasteiger partial charge in [-0.2, -0.15) is 5.26 Å². The zero-order valence-corrected chi connectivity index (χ0v) is 8.89. The summed E-state index contributed by atoms with van der Waals surface area (Å²) in [7, 11) is -2.97. The lowest BCUT2D eigenvalue weighted by Crippen LogP contribution is -2.24. The molecule has 0 spiro atoms. The Kier molecular flexibility index (Phi) is 2.67. The molecule has 1 aliphatic rings. The molecule has 0 radical (unpaired) electrons. The highest BCUT2D eigenvalue weighted by Crippen LogP contribution is 2.49. The van der Waals surface area contributed by atoms with Crippen molar-refractivity contribution >= 4 is 9.84 Å². The zero-order chi connectivity index (χ0) is 10.1. The van der Waals surface area contributed by atoms with Crippen molar-refractivity contribution in [1.29, 1.82) is 5.26 Å². The number of hydrogen-bond acceptors (Lipinski definition) is 3. The standard InChI is InChI=1S/C9H15NO2S/c1-8(2)13(11,12)7-9(3-4-9)5-6-10/h8H,3-5,7H2,1-2H3. The maximum absolute atomic E-state index is 11.6. The van der Waals surface area contributed by atoms with E-state index in [0.29, 0.717) is 6.42 Å². The Morgan fingerprint density at radius 3 is 2.31 bits per heavy atom. The van der Waals surface area contributed by atoms with Crippen LogP contribution in [0.4, 0.5) is 0 Å². The van der Waals surface area contributed by atoms with Gasteiger partial charge in [-0.05, 0) is 32.1 Å². The minimum atomic E-state index is -2.97. The van der Waals surface area contributed by atoms with Crippen LogP contribution in [0, 0.1) is 16.7 Å². The first-order valence-corrected chi connectivity index (χ1v) is 6.22. The van der Waals surface area contributed by atoms with Gasteiger partial charge in [-0.25, -0.2) is 8.42 Å². The largest absolute Gasteiger partial charge is 0.229 e. The highest BCUT2D eigenvalue weighted by atomic mass is 32.2. The Balaban J connectivity index is 2.65. The third-order valence-electron chi connectivity index (χ3n) is 2.64. The predicted octanol–water partition coefficient (Wildman–Crippen LogP) is 1.50. The highest BCUT2D eigenvalue weighted by Gasteiger charge is 2.46. The summed E-state index contributed by atoms with van der Waals surface area (Å²) in [5.41, 5.74) is -0.183. The van der Waals surface area contributed by atoms with E-state index in [9.17, 15) is 8.42 Å². The van der Waals surface area contributed by atoms with Crippen molar-refractivity contribution in [2.75, 3.05) is 5.75 Å². The van der Waals surface area contributed by atoms with E-state index < -0.39 is 9.84 Å². The van der Waals surface area contributed by atoms with E-state index >= 15 is 0 Å². The quantitative estimate of drug-likeness (QED) is 0.692. The lowest BCUT2D eigenvalue weighted by Gasteiger charge is -2.13. The van der Waals surface area contributed by atoms with Crippen LogP contribution in [0.25, 0.3) is 0 Å². The molecular weight excluding hydrogens is 186 g/mol. The fraction of sp³-hybridized carbons (Fsp3) is 0.889. The van der Waals surface area contributed by atoms with Crippen LogP contribution in [0.2, 0.25) is 0 Å². The van der Waals surface area contributed by atoms with Gasteiger partial charge in [0.05, 0.1) is 17.1 Å². The number of rotatable bonds is 4. The van der Waals surface area contributed by atoms with Gasteiger partial charge in [-0.15, -0.1) is 0 Å². The van der Waals surface area contributed by atoms with E-state index in [2.05, 4.69) is 6.07 Å². The second kappa shape index (κ2) is 3.30. The Morgan fingerprint density at radius 1 is 1.46 bits per heavy atom. The molecule has 1 rings (SSSR count). The van der Waals surface area contributed by atoms with Crippen LogP contribution in [0.15, 0.2) is 0 Å². The fourth-order valence-electron chi connectivity index (χ4n) is 1.31. The van der Waals surface area contributed by atoms with Gasteiger partial charge in [-0.1, -0.05) is 0 Å². The van der Waals surface area contributed by atoms with Gasteiger partial charge in [0.25, 0.3) is 0 Å². The molecule has 74 valence electrons. The highest BCUT2D eigenvalue weighted by molar-refractivity contribution is 7.92. The molecule has 0 aliphatic heterocycles. The SMILES string of the molecule is CC(C)S(=O)(=O)CC1(CC#N)CC1. The van der Waals surface area contributed by atoms with Gasteiger partial charge in [-0.3, -0.25) is 0 Å². The molecule has 0 atom stereocenters. The minimum Gasteiger partial charge on any atom is -0.229 e. The van der Waals surface area contributed by atoms with Crippen molar-refractivity contribution in [2.24, 2.45) is 5.41 Å². The van der Waals surface area contributed by atoms with Crippen molar-refractivity contribution in [1.82, 2.24) is 0 Å². The Hall–Kier alpha value is -0.560. The second-order valence-electron chi connectivity index (χ2n) is 4.19. The Labute approximate surface area is 79.7 Å². The molecule has 0 bridgehead atoms. The van der Waals surface area contributed by atoms with Gasteiger partial charge >= 0.3 is 0 Å². The fourth-order valence-corrected chi connectivity index (χ4v) is 2.89. The van der Waals surface area contributed by atoms with E-state index in [1.807, 2.05) is 0 Å². The molecule has 0 N–H and O–H groups in total. The Morgan fingerprint density at radius 2 is 2.00 bits per heavy atom. The molecule has 1 aliphatic carbocycles. The summed E-state index contributed by atoms with van der Waals surface area (Å²) in [6, 6.07) is 2.07. The maximum atomic E-state index is 11.6.